The first-order valence-electron chi connectivity index (χ1n) is 4.76. The van der Waals surface area contributed by atoms with Crippen LogP contribution in [0.1, 0.15) is 0 Å². The van der Waals surface area contributed by atoms with E-state index in [-0.39, 0.29) is 0 Å². The minimum absolute atomic E-state index is 0.912. The molecule has 0 saturated carbocycles. The van der Waals surface area contributed by atoms with Gasteiger partial charge in [-0.1, -0.05) is 0 Å². The van der Waals surface area contributed by atoms with Crippen molar-refractivity contribution in [1.29, 1.82) is 0 Å². The van der Waals surface area contributed by atoms with Crippen LogP contribution in [0.2, 0.25) is 0 Å². The van der Waals surface area contributed by atoms with E-state index in [9.17, 15) is 0 Å². The van der Waals surface area contributed by atoms with Crippen LogP contribution < -0.4 is 0 Å². The number of hydrogen-bond donors (Lipinski definition) is 1. The normalized spacial score (nSPS) is 11.0. The highest BCUT2D eigenvalue weighted by atomic mass is 15.2. The topological polar surface area (TPSA) is 46.5 Å². The molecule has 0 atom stereocenters. The SMILES string of the molecule is Cn1ccc(-c2cnc3[nH]ccc3c2)n1. The Balaban J connectivity index is 2.18. The van der Waals surface area contributed by atoms with Gasteiger partial charge in [-0.15, -0.1) is 0 Å². The lowest BCUT2D eigenvalue weighted by atomic mass is 10.2. The van der Waals surface area contributed by atoms with E-state index in [4.69, 9.17) is 0 Å². The van der Waals surface area contributed by atoms with Gasteiger partial charge in [-0.25, -0.2) is 4.98 Å². The quantitative estimate of drug-likeness (QED) is 0.649. The van der Waals surface area contributed by atoms with Crippen molar-refractivity contribution in [3.05, 3.63) is 36.8 Å². The molecule has 0 radical (unpaired) electrons. The molecule has 0 aromatic carbocycles. The van der Waals surface area contributed by atoms with Crippen LogP contribution in [0.3, 0.4) is 0 Å². The van der Waals surface area contributed by atoms with Gasteiger partial charge < -0.3 is 4.98 Å². The van der Waals surface area contributed by atoms with Crippen LogP contribution in [0.4, 0.5) is 0 Å². The molecule has 0 bridgehead atoms. The predicted molar refractivity (Wildman–Crippen MR) is 58.3 cm³/mol. The summed E-state index contributed by atoms with van der Waals surface area (Å²) in [4.78, 5) is 7.39. The second kappa shape index (κ2) is 2.95. The Hall–Kier alpha value is -2.10. The minimum atomic E-state index is 0.912. The van der Waals surface area contributed by atoms with Crippen molar-refractivity contribution >= 4 is 11.0 Å². The zero-order valence-corrected chi connectivity index (χ0v) is 8.31. The fourth-order valence-electron chi connectivity index (χ4n) is 1.65. The Morgan fingerprint density at radius 1 is 1.33 bits per heavy atom. The second-order valence-electron chi connectivity index (χ2n) is 3.51. The van der Waals surface area contributed by atoms with E-state index in [0.29, 0.717) is 0 Å². The molecule has 0 fully saturated rings. The number of aromatic nitrogens is 4. The van der Waals surface area contributed by atoms with E-state index in [1.54, 1.807) is 4.68 Å². The number of nitrogens with one attached hydrogen (secondary N) is 1. The number of fused-ring (bicyclic) bond motifs is 1. The fraction of sp³-hybridized carbons (Fsp3) is 0.0909. The van der Waals surface area contributed by atoms with Gasteiger partial charge in [-0.2, -0.15) is 5.10 Å². The molecule has 0 unspecified atom stereocenters. The first-order chi connectivity index (χ1) is 7.33. The molecule has 4 heteroatoms. The van der Waals surface area contributed by atoms with Crippen molar-refractivity contribution in [3.8, 4) is 11.3 Å². The van der Waals surface area contributed by atoms with Gasteiger partial charge >= 0.3 is 0 Å². The lowest BCUT2D eigenvalue weighted by molar-refractivity contribution is 0.771. The van der Waals surface area contributed by atoms with Gasteiger partial charge in [0.2, 0.25) is 0 Å². The standard InChI is InChI=1S/C11H10N4/c1-15-5-3-10(14-15)9-6-8-2-4-12-11(8)13-7-9/h2-7H,1H3,(H,12,13). The van der Waals surface area contributed by atoms with Gasteiger partial charge in [0.15, 0.2) is 0 Å². The van der Waals surface area contributed by atoms with Crippen LogP contribution >= 0.6 is 0 Å². The van der Waals surface area contributed by atoms with Crippen LogP contribution in [0.15, 0.2) is 36.8 Å². The van der Waals surface area contributed by atoms with Crippen molar-refractivity contribution in [2.75, 3.05) is 0 Å². The van der Waals surface area contributed by atoms with Crippen molar-refractivity contribution in [1.82, 2.24) is 19.7 Å². The zero-order valence-electron chi connectivity index (χ0n) is 8.31. The first kappa shape index (κ1) is 8.23. The summed E-state index contributed by atoms with van der Waals surface area (Å²) < 4.78 is 1.79. The Morgan fingerprint density at radius 2 is 2.27 bits per heavy atom. The molecule has 0 aliphatic rings. The third-order valence-electron chi connectivity index (χ3n) is 2.41. The first-order valence-corrected chi connectivity index (χ1v) is 4.76. The lowest BCUT2D eigenvalue weighted by Crippen LogP contribution is -1.88. The van der Waals surface area contributed by atoms with Crippen molar-refractivity contribution in [2.45, 2.75) is 0 Å². The number of rotatable bonds is 1. The van der Waals surface area contributed by atoms with Crippen LogP contribution in [0.5, 0.6) is 0 Å². The summed E-state index contributed by atoms with van der Waals surface area (Å²) in [5, 5.41) is 5.45. The molecule has 1 N–H and O–H groups in total. The molecule has 4 nitrogen and oxygen atoms in total. The summed E-state index contributed by atoms with van der Waals surface area (Å²) >= 11 is 0. The maximum atomic E-state index is 4.34. The third-order valence-corrected chi connectivity index (χ3v) is 2.41. The van der Waals surface area contributed by atoms with Gasteiger partial charge in [0, 0.05) is 36.6 Å². The van der Waals surface area contributed by atoms with E-state index in [2.05, 4.69) is 21.1 Å². The number of hydrogen-bond acceptors (Lipinski definition) is 2. The van der Waals surface area contributed by atoms with Gasteiger partial charge in [0.05, 0.1) is 5.69 Å². The molecule has 74 valence electrons. The van der Waals surface area contributed by atoms with Crippen molar-refractivity contribution in [2.24, 2.45) is 7.05 Å². The number of aryl methyl sites for hydroxylation is 1. The molecule has 3 heterocycles. The lowest BCUT2D eigenvalue weighted by Gasteiger charge is -1.96. The molecule has 0 saturated heterocycles. The Bertz CT molecular complexity index is 606. The number of nitrogens with zero attached hydrogens (tertiary/aromatic N) is 3. The van der Waals surface area contributed by atoms with E-state index in [0.717, 1.165) is 22.3 Å². The molecule has 15 heavy (non-hydrogen) atoms. The maximum absolute atomic E-state index is 4.34. The summed E-state index contributed by atoms with van der Waals surface area (Å²) in [7, 11) is 1.91. The zero-order chi connectivity index (χ0) is 10.3. The summed E-state index contributed by atoms with van der Waals surface area (Å²) in [5.41, 5.74) is 2.91. The predicted octanol–water partition coefficient (Wildman–Crippen LogP) is 1.96. The third kappa shape index (κ3) is 1.30. The van der Waals surface area contributed by atoms with Gasteiger partial charge in [-0.05, 0) is 18.2 Å². The molecule has 0 aliphatic carbocycles. The van der Waals surface area contributed by atoms with Crippen molar-refractivity contribution < 1.29 is 0 Å². The van der Waals surface area contributed by atoms with E-state index in [1.165, 1.54) is 0 Å². The van der Waals surface area contributed by atoms with Gasteiger partial charge in [-0.3, -0.25) is 4.68 Å². The monoisotopic (exact) mass is 198 g/mol. The van der Waals surface area contributed by atoms with Crippen LogP contribution in [-0.2, 0) is 7.05 Å². The Morgan fingerprint density at radius 3 is 3.07 bits per heavy atom. The second-order valence-corrected chi connectivity index (χ2v) is 3.51. The Kier molecular flexibility index (Phi) is 1.62. The average Bonchev–Trinajstić information content (AvgIpc) is 2.84. The molecule has 3 rings (SSSR count). The molecular weight excluding hydrogens is 188 g/mol. The van der Waals surface area contributed by atoms with Crippen molar-refractivity contribution in [3.63, 3.8) is 0 Å². The number of H-pyrrole nitrogens is 1. The molecule has 0 aliphatic heterocycles. The fourth-order valence-corrected chi connectivity index (χ4v) is 1.65. The van der Waals surface area contributed by atoms with Gasteiger partial charge in [0.1, 0.15) is 5.65 Å². The summed E-state index contributed by atoms with van der Waals surface area (Å²) in [6, 6.07) is 6.07. The van der Waals surface area contributed by atoms with Crippen LogP contribution in [-0.4, -0.2) is 19.7 Å². The highest BCUT2D eigenvalue weighted by Crippen LogP contribution is 2.19. The highest BCUT2D eigenvalue weighted by molar-refractivity contribution is 5.80. The summed E-state index contributed by atoms with van der Waals surface area (Å²) in [5.74, 6) is 0. The minimum Gasteiger partial charge on any atom is -0.346 e. The maximum Gasteiger partial charge on any atom is 0.137 e. The molecule has 0 amide bonds. The van der Waals surface area contributed by atoms with E-state index >= 15 is 0 Å². The molecule has 3 aromatic heterocycles. The molecule has 3 aromatic rings. The smallest absolute Gasteiger partial charge is 0.137 e. The largest absolute Gasteiger partial charge is 0.346 e. The van der Waals surface area contributed by atoms with Gasteiger partial charge in [0.25, 0.3) is 0 Å². The van der Waals surface area contributed by atoms with Crippen LogP contribution in [0, 0.1) is 0 Å². The van der Waals surface area contributed by atoms with E-state index < -0.39 is 0 Å². The number of aromatic amines is 1. The van der Waals surface area contributed by atoms with Crippen LogP contribution in [0.25, 0.3) is 22.3 Å². The molecule has 0 spiro atoms. The average molecular weight is 198 g/mol. The summed E-state index contributed by atoms with van der Waals surface area (Å²) in [6.45, 7) is 0. The Labute approximate surface area is 86.6 Å². The number of pyridine rings is 1. The van der Waals surface area contributed by atoms with E-state index in [1.807, 2.05) is 37.8 Å². The highest BCUT2D eigenvalue weighted by Gasteiger charge is 2.03. The summed E-state index contributed by atoms with van der Waals surface area (Å²) in [6.07, 6.45) is 5.65. The molecular formula is C11H10N4.